The second kappa shape index (κ2) is 6.20. The van der Waals surface area contributed by atoms with Crippen LogP contribution < -0.4 is 4.74 Å². The number of benzene rings is 1. The van der Waals surface area contributed by atoms with E-state index in [9.17, 15) is 4.79 Å². The predicted octanol–water partition coefficient (Wildman–Crippen LogP) is 3.82. The van der Waals surface area contributed by atoms with Crippen LogP contribution in [0.25, 0.3) is 11.3 Å². The maximum atomic E-state index is 12.6. The molecule has 2 aromatic heterocycles. The number of piperidine rings is 1. The molecule has 3 aromatic rings. The number of hydrogen-bond donors (Lipinski definition) is 0. The van der Waals surface area contributed by atoms with Gasteiger partial charge in [0.25, 0.3) is 5.91 Å². The molecule has 0 N–H and O–H groups in total. The Morgan fingerprint density at radius 3 is 2.59 bits per heavy atom. The van der Waals surface area contributed by atoms with E-state index in [0.29, 0.717) is 25.9 Å². The van der Waals surface area contributed by atoms with Gasteiger partial charge in [0, 0.05) is 43.1 Å². The molecular formula is C22H24N4O3. The van der Waals surface area contributed by atoms with E-state index in [1.807, 2.05) is 29.3 Å². The highest BCUT2D eigenvalue weighted by atomic mass is 16.5. The highest BCUT2D eigenvalue weighted by molar-refractivity contribution is 5.91. The van der Waals surface area contributed by atoms with Gasteiger partial charge in [-0.15, -0.1) is 0 Å². The van der Waals surface area contributed by atoms with Gasteiger partial charge in [-0.25, -0.2) is 0 Å². The maximum absolute atomic E-state index is 12.6. The summed E-state index contributed by atoms with van der Waals surface area (Å²) >= 11 is 0. The summed E-state index contributed by atoms with van der Waals surface area (Å²) in [5.74, 6) is 1.03. The first-order valence-corrected chi connectivity index (χ1v) is 9.96. The first-order valence-electron chi connectivity index (χ1n) is 9.96. The zero-order chi connectivity index (χ0) is 20.2. The lowest BCUT2D eigenvalue weighted by molar-refractivity contribution is -0.00293. The van der Waals surface area contributed by atoms with Gasteiger partial charge in [-0.1, -0.05) is 17.3 Å². The van der Waals surface area contributed by atoms with Crippen molar-refractivity contribution < 1.29 is 14.1 Å². The van der Waals surface area contributed by atoms with Crippen LogP contribution in [0.3, 0.4) is 0 Å². The molecule has 1 spiro atoms. The van der Waals surface area contributed by atoms with E-state index in [1.165, 1.54) is 6.20 Å². The second-order valence-corrected chi connectivity index (χ2v) is 8.75. The van der Waals surface area contributed by atoms with Crippen molar-refractivity contribution in [3.63, 3.8) is 0 Å². The van der Waals surface area contributed by atoms with Gasteiger partial charge in [-0.2, -0.15) is 5.10 Å². The summed E-state index contributed by atoms with van der Waals surface area (Å²) in [5, 5.41) is 8.39. The maximum Gasteiger partial charge on any atom is 0.292 e. The Morgan fingerprint density at radius 2 is 1.90 bits per heavy atom. The number of ether oxygens (including phenoxy) is 1. The van der Waals surface area contributed by atoms with Crippen LogP contribution in [-0.4, -0.2) is 38.8 Å². The van der Waals surface area contributed by atoms with E-state index in [4.69, 9.17) is 14.4 Å². The Hall–Kier alpha value is -3.09. The smallest absolute Gasteiger partial charge is 0.292 e. The molecule has 29 heavy (non-hydrogen) atoms. The topological polar surface area (TPSA) is 73.4 Å². The minimum absolute atomic E-state index is 0.126. The van der Waals surface area contributed by atoms with E-state index in [1.54, 1.807) is 6.07 Å². The lowest BCUT2D eigenvalue weighted by Gasteiger charge is -2.44. The van der Waals surface area contributed by atoms with Crippen LogP contribution in [-0.2, 0) is 11.1 Å². The third kappa shape index (κ3) is 2.75. The van der Waals surface area contributed by atoms with Gasteiger partial charge in [0.1, 0.15) is 11.4 Å². The molecule has 4 heterocycles. The normalized spacial score (nSPS) is 17.6. The molecule has 1 aromatic carbocycles. The lowest BCUT2D eigenvalue weighted by Crippen LogP contribution is -2.49. The van der Waals surface area contributed by atoms with Gasteiger partial charge in [0.15, 0.2) is 0 Å². The van der Waals surface area contributed by atoms with Gasteiger partial charge in [0.05, 0.1) is 23.6 Å². The van der Waals surface area contributed by atoms with Crippen molar-refractivity contribution in [1.82, 2.24) is 19.8 Å². The molecule has 7 heteroatoms. The Bertz CT molecular complexity index is 1050. The van der Waals surface area contributed by atoms with Crippen molar-refractivity contribution >= 4 is 5.91 Å². The van der Waals surface area contributed by atoms with Crippen LogP contribution in [0.15, 0.2) is 47.2 Å². The molecule has 0 atom stereocenters. The van der Waals surface area contributed by atoms with Crippen LogP contribution in [0.4, 0.5) is 0 Å². The van der Waals surface area contributed by atoms with Crippen LogP contribution in [0.5, 0.6) is 5.75 Å². The molecule has 0 radical (unpaired) electrons. The number of carbonyl (C=O) groups is 1. The monoisotopic (exact) mass is 392 g/mol. The molecule has 0 unspecified atom stereocenters. The number of carbonyl (C=O) groups excluding carboxylic acids is 1. The van der Waals surface area contributed by atoms with E-state index in [2.05, 4.69) is 36.7 Å². The van der Waals surface area contributed by atoms with E-state index in [-0.39, 0.29) is 17.2 Å². The number of rotatable bonds is 1. The highest BCUT2D eigenvalue weighted by Gasteiger charge is 2.47. The van der Waals surface area contributed by atoms with Gasteiger partial charge >= 0.3 is 0 Å². The summed E-state index contributed by atoms with van der Waals surface area (Å²) in [6, 6.07) is 9.74. The SMILES string of the molecule is CC(C)(C)n1ncc2c1-c1ccccc1OC21CCN(C(=O)c2ccno2)CC1. The predicted molar refractivity (Wildman–Crippen MR) is 107 cm³/mol. The Balaban J connectivity index is 1.52. The van der Waals surface area contributed by atoms with Gasteiger partial charge in [-0.05, 0) is 32.9 Å². The van der Waals surface area contributed by atoms with Gasteiger partial charge in [-0.3, -0.25) is 9.48 Å². The van der Waals surface area contributed by atoms with Crippen molar-refractivity contribution in [3.8, 4) is 17.0 Å². The molecule has 1 saturated heterocycles. The largest absolute Gasteiger partial charge is 0.482 e. The van der Waals surface area contributed by atoms with Crippen molar-refractivity contribution in [2.45, 2.75) is 44.8 Å². The number of para-hydroxylation sites is 1. The molecule has 0 saturated carbocycles. The average Bonchev–Trinajstić information content (AvgIpc) is 3.38. The fraction of sp³-hybridized carbons (Fsp3) is 0.409. The van der Waals surface area contributed by atoms with E-state index in [0.717, 1.165) is 22.6 Å². The van der Waals surface area contributed by atoms with Crippen molar-refractivity contribution in [3.05, 3.63) is 54.0 Å². The summed E-state index contributed by atoms with van der Waals surface area (Å²) in [6.45, 7) is 7.64. The minimum Gasteiger partial charge on any atom is -0.482 e. The molecule has 5 rings (SSSR count). The molecule has 2 aliphatic heterocycles. The molecule has 150 valence electrons. The third-order valence-electron chi connectivity index (χ3n) is 5.85. The van der Waals surface area contributed by atoms with Crippen LogP contribution >= 0.6 is 0 Å². The van der Waals surface area contributed by atoms with Crippen LogP contribution in [0.2, 0.25) is 0 Å². The summed E-state index contributed by atoms with van der Waals surface area (Å²) in [6.07, 6.45) is 4.84. The molecule has 1 amide bonds. The first kappa shape index (κ1) is 18.0. The Morgan fingerprint density at radius 1 is 1.14 bits per heavy atom. The number of likely N-dealkylation sites (tertiary alicyclic amines) is 1. The van der Waals surface area contributed by atoms with Gasteiger partial charge < -0.3 is 14.2 Å². The van der Waals surface area contributed by atoms with Crippen molar-refractivity contribution in [2.24, 2.45) is 0 Å². The molecule has 7 nitrogen and oxygen atoms in total. The number of nitrogens with zero attached hydrogens (tertiary/aromatic N) is 4. The number of aromatic nitrogens is 3. The zero-order valence-electron chi connectivity index (χ0n) is 16.9. The van der Waals surface area contributed by atoms with Crippen molar-refractivity contribution in [1.29, 1.82) is 0 Å². The highest BCUT2D eigenvalue weighted by Crippen LogP contribution is 2.50. The molecule has 0 bridgehead atoms. The fourth-order valence-electron chi connectivity index (χ4n) is 4.39. The summed E-state index contributed by atoms with van der Waals surface area (Å²) < 4.78 is 13.7. The van der Waals surface area contributed by atoms with E-state index >= 15 is 0 Å². The standard InChI is InChI=1S/C22H24N4O3/c1-21(2,3)26-19-15-6-4-5-7-17(15)28-22(16(19)14-23-26)9-12-25(13-10-22)20(27)18-8-11-24-29-18/h4-8,11,14H,9-10,12-13H2,1-3H3. The van der Waals surface area contributed by atoms with Gasteiger partial charge in [0.2, 0.25) is 5.76 Å². The Labute approximate surface area is 169 Å². The third-order valence-corrected chi connectivity index (χ3v) is 5.85. The summed E-state index contributed by atoms with van der Waals surface area (Å²) in [4.78, 5) is 14.5. The first-order chi connectivity index (χ1) is 13.9. The Kier molecular flexibility index (Phi) is 3.84. The summed E-state index contributed by atoms with van der Waals surface area (Å²) in [7, 11) is 0. The number of hydrogen-bond acceptors (Lipinski definition) is 5. The zero-order valence-corrected chi connectivity index (χ0v) is 16.9. The van der Waals surface area contributed by atoms with E-state index < -0.39 is 5.60 Å². The molecule has 2 aliphatic rings. The second-order valence-electron chi connectivity index (χ2n) is 8.75. The fourth-order valence-corrected chi connectivity index (χ4v) is 4.39. The lowest BCUT2D eigenvalue weighted by atomic mass is 9.80. The number of fused-ring (bicyclic) bond motifs is 4. The van der Waals surface area contributed by atoms with Crippen LogP contribution in [0, 0.1) is 0 Å². The van der Waals surface area contributed by atoms with Crippen molar-refractivity contribution in [2.75, 3.05) is 13.1 Å². The molecule has 1 fully saturated rings. The minimum atomic E-state index is -0.481. The average molecular weight is 392 g/mol. The molecular weight excluding hydrogens is 368 g/mol. The molecule has 0 aliphatic carbocycles. The van der Waals surface area contributed by atoms with Crippen LogP contribution in [0.1, 0.15) is 49.7 Å². The number of amides is 1. The quantitative estimate of drug-likeness (QED) is 0.629. The summed E-state index contributed by atoms with van der Waals surface area (Å²) in [5.41, 5.74) is 2.67.